The van der Waals surface area contributed by atoms with Gasteiger partial charge in [0.05, 0.1) is 0 Å². The van der Waals surface area contributed by atoms with E-state index in [1.807, 2.05) is 0 Å². The van der Waals surface area contributed by atoms with Crippen LogP contribution in [0.1, 0.15) is 20.3 Å². The van der Waals surface area contributed by atoms with E-state index in [4.69, 9.17) is 0 Å². The molecule has 0 N–H and O–H groups in total. The van der Waals surface area contributed by atoms with Crippen molar-refractivity contribution in [3.63, 3.8) is 0 Å². The van der Waals surface area contributed by atoms with Crippen molar-refractivity contribution >= 4 is 22.5 Å². The summed E-state index contributed by atoms with van der Waals surface area (Å²) in [5.41, 5.74) is 0. The molecule has 0 fully saturated rings. The molecule has 7 heavy (non-hydrogen) atoms. The van der Waals surface area contributed by atoms with Crippen LogP contribution in [0, 0.1) is 5.92 Å². The maximum atomic E-state index is 4.69. The Kier molecular flexibility index (Phi) is 5.33. The van der Waals surface area contributed by atoms with E-state index in [2.05, 4.69) is 25.5 Å². The summed E-state index contributed by atoms with van der Waals surface area (Å²) in [6.45, 7) is 4.43. The Labute approximate surface area is 54.9 Å². The van der Waals surface area contributed by atoms with E-state index in [9.17, 15) is 0 Å². The lowest BCUT2D eigenvalue weighted by Crippen LogP contribution is -1.86. The molecule has 2 heteroatoms. The molecular weight excluding hydrogens is 124 g/mol. The van der Waals surface area contributed by atoms with Crippen molar-refractivity contribution in [2.24, 2.45) is 5.92 Å². The normalized spacial score (nSPS) is 10.3. The minimum absolute atomic E-state index is 0.815. The quantitative estimate of drug-likeness (QED) is 0.536. The van der Waals surface area contributed by atoms with Crippen LogP contribution in [0.5, 0.6) is 0 Å². The van der Waals surface area contributed by atoms with E-state index in [0.717, 1.165) is 11.7 Å². The molecule has 0 heterocycles. The van der Waals surface area contributed by atoms with Gasteiger partial charge in [-0.3, -0.25) is 0 Å². The Morgan fingerprint density at radius 1 is 1.57 bits per heavy atom. The van der Waals surface area contributed by atoms with E-state index in [-0.39, 0.29) is 0 Å². The predicted molar refractivity (Wildman–Crippen MR) is 39.5 cm³/mol. The molecule has 0 nitrogen and oxygen atoms in total. The fourth-order valence-electron chi connectivity index (χ4n) is 0.284. The molecule has 0 rings (SSSR count). The van der Waals surface area contributed by atoms with Gasteiger partial charge < -0.3 is 0 Å². The molecule has 0 saturated carbocycles. The second-order valence-corrected chi connectivity index (χ2v) is 3.36. The SMILES string of the molecule is CC(C)CCS[S]. The largest absolute Gasteiger partial charge is 0.0817 e. The molecule has 0 amide bonds. The third kappa shape index (κ3) is 6.70. The topological polar surface area (TPSA) is 0 Å². The second kappa shape index (κ2) is 4.85. The Morgan fingerprint density at radius 2 is 2.14 bits per heavy atom. The molecule has 0 aromatic rings. The molecule has 0 spiro atoms. The van der Waals surface area contributed by atoms with Crippen LogP contribution in [0.25, 0.3) is 0 Å². The van der Waals surface area contributed by atoms with E-state index < -0.39 is 0 Å². The van der Waals surface area contributed by atoms with Gasteiger partial charge in [0.15, 0.2) is 0 Å². The third-order valence-electron chi connectivity index (χ3n) is 0.779. The first-order valence-electron chi connectivity index (χ1n) is 2.52. The maximum Gasteiger partial charge on any atom is 0.00478 e. The summed E-state index contributed by atoms with van der Waals surface area (Å²) in [6.07, 6.45) is 1.26. The smallest absolute Gasteiger partial charge is 0.00478 e. The molecule has 0 saturated heterocycles. The van der Waals surface area contributed by atoms with E-state index in [1.54, 1.807) is 0 Å². The van der Waals surface area contributed by atoms with Crippen LogP contribution in [-0.2, 0) is 0 Å². The van der Waals surface area contributed by atoms with Gasteiger partial charge in [-0.15, -0.1) is 0 Å². The van der Waals surface area contributed by atoms with Crippen molar-refractivity contribution in [3.8, 4) is 0 Å². The molecule has 1 radical (unpaired) electrons. The van der Waals surface area contributed by atoms with Gasteiger partial charge in [-0.05, 0) is 24.0 Å². The summed E-state index contributed by atoms with van der Waals surface area (Å²) in [5, 5.41) is 0. The van der Waals surface area contributed by atoms with Crippen LogP contribution >= 0.6 is 22.5 Å². The number of hydrogen-bond donors (Lipinski definition) is 0. The molecule has 0 aromatic heterocycles. The average Bonchev–Trinajstić information content (AvgIpc) is 1.61. The maximum absolute atomic E-state index is 4.69. The summed E-state index contributed by atoms with van der Waals surface area (Å²) in [5.74, 6) is 1.95. The van der Waals surface area contributed by atoms with Gasteiger partial charge in [0.25, 0.3) is 0 Å². The zero-order chi connectivity index (χ0) is 5.70. The summed E-state index contributed by atoms with van der Waals surface area (Å²) in [4.78, 5) is 0. The molecule has 0 atom stereocenters. The highest BCUT2D eigenvalue weighted by Gasteiger charge is 1.89. The van der Waals surface area contributed by atoms with Gasteiger partial charge in [0.2, 0.25) is 0 Å². The average molecular weight is 135 g/mol. The summed E-state index contributed by atoms with van der Waals surface area (Å²) in [6, 6.07) is 0. The molecule has 0 aliphatic heterocycles. The van der Waals surface area contributed by atoms with Crippen LogP contribution in [0.15, 0.2) is 0 Å². The Hall–Kier alpha value is 0.700. The summed E-state index contributed by atoms with van der Waals surface area (Å²) >= 11 is 4.69. The number of hydrogen-bond acceptors (Lipinski definition) is 1. The van der Waals surface area contributed by atoms with E-state index >= 15 is 0 Å². The van der Waals surface area contributed by atoms with Crippen LogP contribution in [0.4, 0.5) is 0 Å². The predicted octanol–water partition coefficient (Wildman–Crippen LogP) is 2.88. The van der Waals surface area contributed by atoms with Crippen molar-refractivity contribution in [2.75, 3.05) is 5.75 Å². The van der Waals surface area contributed by atoms with Crippen molar-refractivity contribution in [1.29, 1.82) is 0 Å². The van der Waals surface area contributed by atoms with Crippen molar-refractivity contribution in [2.45, 2.75) is 20.3 Å². The fourth-order valence-corrected chi connectivity index (χ4v) is 1.14. The first-order valence-corrected chi connectivity index (χ1v) is 4.43. The standard InChI is InChI=1S/C5H11S2/c1-5(2)3-4-7-6/h5H,3-4H2,1-2H3. The molecule has 0 unspecified atom stereocenters. The van der Waals surface area contributed by atoms with Gasteiger partial charge >= 0.3 is 0 Å². The first-order chi connectivity index (χ1) is 3.27. The van der Waals surface area contributed by atoms with Crippen LogP contribution < -0.4 is 0 Å². The summed E-state index contributed by atoms with van der Waals surface area (Å²) in [7, 11) is 1.51. The van der Waals surface area contributed by atoms with Crippen molar-refractivity contribution < 1.29 is 0 Å². The van der Waals surface area contributed by atoms with Crippen LogP contribution in [-0.4, -0.2) is 5.75 Å². The zero-order valence-electron chi connectivity index (χ0n) is 4.81. The lowest BCUT2D eigenvalue weighted by molar-refractivity contribution is 0.633. The van der Waals surface area contributed by atoms with Gasteiger partial charge in [-0.1, -0.05) is 24.6 Å². The van der Waals surface area contributed by atoms with Crippen LogP contribution in [0.3, 0.4) is 0 Å². The highest BCUT2D eigenvalue weighted by atomic mass is 33.1. The Bertz CT molecular complexity index is 35.1. The van der Waals surface area contributed by atoms with Gasteiger partial charge in [-0.25, -0.2) is 0 Å². The van der Waals surface area contributed by atoms with Gasteiger partial charge in [0.1, 0.15) is 0 Å². The lowest BCUT2D eigenvalue weighted by atomic mass is 10.2. The molecular formula is C5H11S2. The molecule has 0 aromatic carbocycles. The monoisotopic (exact) mass is 135 g/mol. The van der Waals surface area contributed by atoms with Crippen molar-refractivity contribution in [1.82, 2.24) is 0 Å². The highest BCUT2D eigenvalue weighted by molar-refractivity contribution is 8.68. The fraction of sp³-hybridized carbons (Fsp3) is 1.00. The minimum atomic E-state index is 0.815. The molecule has 0 aliphatic carbocycles. The van der Waals surface area contributed by atoms with E-state index in [0.29, 0.717) is 0 Å². The highest BCUT2D eigenvalue weighted by Crippen LogP contribution is 2.10. The number of rotatable bonds is 3. The Morgan fingerprint density at radius 3 is 2.29 bits per heavy atom. The van der Waals surface area contributed by atoms with E-state index in [1.165, 1.54) is 17.2 Å². The molecule has 0 aliphatic rings. The van der Waals surface area contributed by atoms with Crippen molar-refractivity contribution in [3.05, 3.63) is 0 Å². The van der Waals surface area contributed by atoms with Gasteiger partial charge in [-0.2, -0.15) is 0 Å². The Balaban J connectivity index is 2.68. The molecule has 43 valence electrons. The zero-order valence-corrected chi connectivity index (χ0v) is 6.44. The van der Waals surface area contributed by atoms with Crippen LogP contribution in [0.2, 0.25) is 0 Å². The second-order valence-electron chi connectivity index (χ2n) is 2.00. The molecule has 0 bridgehead atoms. The lowest BCUT2D eigenvalue weighted by Gasteiger charge is -1.97. The van der Waals surface area contributed by atoms with Gasteiger partial charge in [0, 0.05) is 5.75 Å². The first kappa shape index (κ1) is 7.70. The summed E-state index contributed by atoms with van der Waals surface area (Å²) < 4.78 is 0. The minimum Gasteiger partial charge on any atom is -0.0817 e. The third-order valence-corrected chi connectivity index (χ3v) is 1.68.